The molecule has 0 spiro atoms. The van der Waals surface area contributed by atoms with Crippen LogP contribution in [0.1, 0.15) is 6.42 Å². The van der Waals surface area contributed by atoms with E-state index in [-0.39, 0.29) is 10.2 Å². The first-order valence-electron chi connectivity index (χ1n) is 3.86. The molecule has 0 fully saturated rings. The Labute approximate surface area is 92.8 Å². The number of amides is 1. The second kappa shape index (κ2) is 4.84. The highest BCUT2D eigenvalue weighted by atomic mass is 79.9. The fraction of sp³-hybridized carbons (Fsp3) is 0.111. The minimum Gasteiger partial charge on any atom is -0.323 e. The number of halogens is 3. The fourth-order valence-corrected chi connectivity index (χ4v) is 1.20. The summed E-state index contributed by atoms with van der Waals surface area (Å²) < 4.78 is 26.1. The number of nitrogens with zero attached hydrogens (tertiary/aromatic N) is 1. The summed E-state index contributed by atoms with van der Waals surface area (Å²) in [6, 6.07) is 3.34. The van der Waals surface area contributed by atoms with Gasteiger partial charge in [0, 0.05) is 6.07 Å². The average molecular weight is 275 g/mol. The Hall–Kier alpha value is -1.48. The van der Waals surface area contributed by atoms with E-state index in [4.69, 9.17) is 5.26 Å². The van der Waals surface area contributed by atoms with E-state index in [1.165, 1.54) is 0 Å². The van der Waals surface area contributed by atoms with Gasteiger partial charge >= 0.3 is 0 Å². The molecular formula is C9H5BrF2N2O. The molecule has 0 aromatic heterocycles. The molecule has 6 heteroatoms. The summed E-state index contributed by atoms with van der Waals surface area (Å²) >= 11 is 2.80. The highest BCUT2D eigenvalue weighted by Crippen LogP contribution is 2.23. The zero-order valence-corrected chi connectivity index (χ0v) is 8.94. The summed E-state index contributed by atoms with van der Waals surface area (Å²) in [6.07, 6.45) is -0.406. The van der Waals surface area contributed by atoms with Gasteiger partial charge in [-0.3, -0.25) is 4.79 Å². The lowest BCUT2D eigenvalue weighted by atomic mass is 10.3. The second-order valence-corrected chi connectivity index (χ2v) is 3.48. The topological polar surface area (TPSA) is 52.9 Å². The molecule has 0 bridgehead atoms. The van der Waals surface area contributed by atoms with Gasteiger partial charge in [0.2, 0.25) is 5.91 Å². The number of carbonyl (C=O) groups excluding carboxylic acids is 1. The quantitative estimate of drug-likeness (QED) is 0.843. The van der Waals surface area contributed by atoms with Gasteiger partial charge in [0.15, 0.2) is 0 Å². The molecule has 15 heavy (non-hydrogen) atoms. The SMILES string of the molecule is N#CCC(=O)Nc1cc(F)c(Br)cc1F. The van der Waals surface area contributed by atoms with Gasteiger partial charge in [-0.25, -0.2) is 8.78 Å². The summed E-state index contributed by atoms with van der Waals surface area (Å²) in [5, 5.41) is 10.3. The van der Waals surface area contributed by atoms with Crippen molar-refractivity contribution >= 4 is 27.5 Å². The first kappa shape index (κ1) is 11.6. The van der Waals surface area contributed by atoms with Crippen LogP contribution >= 0.6 is 15.9 Å². The number of anilines is 1. The summed E-state index contributed by atoms with van der Waals surface area (Å²) in [6.45, 7) is 0. The summed E-state index contributed by atoms with van der Waals surface area (Å²) in [5.41, 5.74) is -0.282. The van der Waals surface area contributed by atoms with Crippen molar-refractivity contribution in [2.75, 3.05) is 5.32 Å². The van der Waals surface area contributed by atoms with Crippen LogP contribution in [0.3, 0.4) is 0 Å². The van der Waals surface area contributed by atoms with Gasteiger partial charge in [0.1, 0.15) is 18.1 Å². The van der Waals surface area contributed by atoms with E-state index in [9.17, 15) is 13.6 Å². The molecule has 0 radical (unpaired) electrons. The van der Waals surface area contributed by atoms with E-state index < -0.39 is 24.0 Å². The number of carbonyl (C=O) groups is 1. The Morgan fingerprint density at radius 2 is 2.13 bits per heavy atom. The molecule has 0 aliphatic rings. The van der Waals surface area contributed by atoms with E-state index in [0.29, 0.717) is 0 Å². The molecule has 0 aliphatic heterocycles. The monoisotopic (exact) mass is 274 g/mol. The zero-order valence-electron chi connectivity index (χ0n) is 7.35. The summed E-state index contributed by atoms with van der Waals surface area (Å²) in [7, 11) is 0. The lowest BCUT2D eigenvalue weighted by molar-refractivity contribution is -0.115. The summed E-state index contributed by atoms with van der Waals surface area (Å²) in [5.74, 6) is -2.14. The zero-order chi connectivity index (χ0) is 11.4. The molecule has 0 atom stereocenters. The van der Waals surface area contributed by atoms with E-state index >= 15 is 0 Å². The minimum absolute atomic E-state index is 0.0294. The van der Waals surface area contributed by atoms with Crippen LogP contribution in [0.25, 0.3) is 0 Å². The van der Waals surface area contributed by atoms with Crippen LogP contribution in [-0.4, -0.2) is 5.91 Å². The lowest BCUT2D eigenvalue weighted by Gasteiger charge is -2.05. The third kappa shape index (κ3) is 2.99. The Balaban J connectivity index is 2.92. The molecular weight excluding hydrogens is 270 g/mol. The van der Waals surface area contributed by atoms with Crippen molar-refractivity contribution in [2.24, 2.45) is 0 Å². The maximum Gasteiger partial charge on any atom is 0.238 e. The third-order valence-electron chi connectivity index (χ3n) is 1.52. The van der Waals surface area contributed by atoms with Crippen molar-refractivity contribution < 1.29 is 13.6 Å². The highest BCUT2D eigenvalue weighted by molar-refractivity contribution is 9.10. The normalized spacial score (nSPS) is 9.47. The van der Waals surface area contributed by atoms with Gasteiger partial charge < -0.3 is 5.32 Å². The molecule has 0 saturated carbocycles. The van der Waals surface area contributed by atoms with Crippen molar-refractivity contribution in [3.05, 3.63) is 28.2 Å². The standard InChI is InChI=1S/C9H5BrF2N2O/c10-5-3-7(12)8(4-6(5)11)14-9(15)1-2-13/h3-4H,1H2,(H,14,15). The van der Waals surface area contributed by atoms with Crippen molar-refractivity contribution in [1.82, 2.24) is 0 Å². The van der Waals surface area contributed by atoms with Gasteiger partial charge in [0.25, 0.3) is 0 Å². The van der Waals surface area contributed by atoms with Crippen LogP contribution in [0.15, 0.2) is 16.6 Å². The number of benzene rings is 1. The van der Waals surface area contributed by atoms with Crippen LogP contribution < -0.4 is 5.32 Å². The maximum absolute atomic E-state index is 13.1. The predicted octanol–water partition coefficient (Wildman–Crippen LogP) is 2.58. The Bertz CT molecular complexity index is 442. The molecule has 0 saturated heterocycles. The maximum atomic E-state index is 13.1. The molecule has 0 aliphatic carbocycles. The van der Waals surface area contributed by atoms with Gasteiger partial charge in [-0.15, -0.1) is 0 Å². The van der Waals surface area contributed by atoms with E-state index in [2.05, 4.69) is 21.2 Å². The van der Waals surface area contributed by atoms with Crippen LogP contribution in [0.4, 0.5) is 14.5 Å². The van der Waals surface area contributed by atoms with Crippen LogP contribution in [0.2, 0.25) is 0 Å². The van der Waals surface area contributed by atoms with E-state index in [1.807, 2.05) is 0 Å². The predicted molar refractivity (Wildman–Crippen MR) is 52.9 cm³/mol. The molecule has 1 N–H and O–H groups in total. The Kier molecular flexibility index (Phi) is 3.74. The molecule has 3 nitrogen and oxygen atoms in total. The van der Waals surface area contributed by atoms with Gasteiger partial charge in [0.05, 0.1) is 16.2 Å². The number of hydrogen-bond donors (Lipinski definition) is 1. The average Bonchev–Trinajstić information content (AvgIpc) is 2.14. The molecule has 1 amide bonds. The first-order valence-corrected chi connectivity index (χ1v) is 4.65. The van der Waals surface area contributed by atoms with Crippen LogP contribution in [0.5, 0.6) is 0 Å². The van der Waals surface area contributed by atoms with Crippen molar-refractivity contribution in [2.45, 2.75) is 6.42 Å². The number of hydrogen-bond acceptors (Lipinski definition) is 2. The smallest absolute Gasteiger partial charge is 0.238 e. The fourth-order valence-electron chi connectivity index (χ4n) is 0.885. The molecule has 0 unspecified atom stereocenters. The molecule has 1 aromatic rings. The Morgan fingerprint density at radius 3 is 2.73 bits per heavy atom. The largest absolute Gasteiger partial charge is 0.323 e. The summed E-state index contributed by atoms with van der Waals surface area (Å²) in [4.78, 5) is 10.9. The molecule has 78 valence electrons. The third-order valence-corrected chi connectivity index (χ3v) is 2.13. The minimum atomic E-state index is -0.769. The number of nitriles is 1. The number of nitrogens with one attached hydrogen (secondary N) is 1. The van der Waals surface area contributed by atoms with Gasteiger partial charge in [-0.05, 0) is 22.0 Å². The molecule has 1 rings (SSSR count). The van der Waals surface area contributed by atoms with Crippen LogP contribution in [-0.2, 0) is 4.79 Å². The Morgan fingerprint density at radius 1 is 1.47 bits per heavy atom. The lowest BCUT2D eigenvalue weighted by Crippen LogP contribution is -2.11. The first-order chi connectivity index (χ1) is 7.04. The van der Waals surface area contributed by atoms with Crippen molar-refractivity contribution in [1.29, 1.82) is 5.26 Å². The van der Waals surface area contributed by atoms with Gasteiger partial charge in [-0.2, -0.15) is 5.26 Å². The molecule has 0 heterocycles. The van der Waals surface area contributed by atoms with Crippen molar-refractivity contribution in [3.8, 4) is 6.07 Å². The highest BCUT2D eigenvalue weighted by Gasteiger charge is 2.10. The second-order valence-electron chi connectivity index (χ2n) is 2.63. The van der Waals surface area contributed by atoms with Gasteiger partial charge in [-0.1, -0.05) is 0 Å². The number of rotatable bonds is 2. The molecule has 1 aromatic carbocycles. The van der Waals surface area contributed by atoms with Crippen LogP contribution in [0, 0.1) is 23.0 Å². The van der Waals surface area contributed by atoms with E-state index in [1.54, 1.807) is 6.07 Å². The van der Waals surface area contributed by atoms with E-state index in [0.717, 1.165) is 12.1 Å². The van der Waals surface area contributed by atoms with Crippen molar-refractivity contribution in [3.63, 3.8) is 0 Å².